The van der Waals surface area contributed by atoms with Gasteiger partial charge in [0.1, 0.15) is 0 Å². The van der Waals surface area contributed by atoms with Crippen molar-refractivity contribution in [2.75, 3.05) is 26.3 Å². The highest BCUT2D eigenvalue weighted by Crippen LogP contribution is 2.39. The summed E-state index contributed by atoms with van der Waals surface area (Å²) in [5.41, 5.74) is 6.31. The zero-order valence-electron chi connectivity index (χ0n) is 12.3. The van der Waals surface area contributed by atoms with Crippen LogP contribution >= 0.6 is 0 Å². The van der Waals surface area contributed by atoms with E-state index in [0.717, 1.165) is 31.7 Å². The zero-order chi connectivity index (χ0) is 13.2. The first kappa shape index (κ1) is 14.3. The average Bonchev–Trinajstić information content (AvgIpc) is 3.01. The van der Waals surface area contributed by atoms with Gasteiger partial charge in [-0.3, -0.25) is 4.90 Å². The van der Waals surface area contributed by atoms with Crippen molar-refractivity contribution >= 4 is 0 Å². The lowest BCUT2D eigenvalue weighted by molar-refractivity contribution is 0.0346. The highest BCUT2D eigenvalue weighted by Gasteiger charge is 2.45. The van der Waals surface area contributed by atoms with E-state index in [0.29, 0.717) is 5.92 Å². The van der Waals surface area contributed by atoms with Gasteiger partial charge in [-0.05, 0) is 45.1 Å². The summed E-state index contributed by atoms with van der Waals surface area (Å²) in [6.07, 6.45) is 5.18. The quantitative estimate of drug-likeness (QED) is 0.757. The number of nitrogens with two attached hydrogens (primary N) is 1. The highest BCUT2D eigenvalue weighted by molar-refractivity contribution is 5.01. The Kier molecular flexibility index (Phi) is 4.68. The van der Waals surface area contributed by atoms with Gasteiger partial charge in [-0.15, -0.1) is 0 Å². The maximum atomic E-state index is 6.16. The highest BCUT2D eigenvalue weighted by atomic mass is 16.5. The molecule has 106 valence electrons. The molecule has 0 aromatic heterocycles. The molecular formula is C15H30N2O. The van der Waals surface area contributed by atoms with Crippen LogP contribution in [0.3, 0.4) is 0 Å². The largest absolute Gasteiger partial charge is 0.381 e. The SMILES string of the molecule is CC(C)CCN(C1CC1)C(C)(CN)C1CCOC1. The van der Waals surface area contributed by atoms with Crippen molar-refractivity contribution in [3.8, 4) is 0 Å². The lowest BCUT2D eigenvalue weighted by atomic mass is 9.82. The minimum atomic E-state index is 0.145. The summed E-state index contributed by atoms with van der Waals surface area (Å²) in [6.45, 7) is 10.8. The van der Waals surface area contributed by atoms with Gasteiger partial charge in [-0.25, -0.2) is 0 Å². The van der Waals surface area contributed by atoms with Crippen LogP contribution in [-0.4, -0.2) is 42.8 Å². The molecule has 2 aliphatic rings. The number of hydrogen-bond acceptors (Lipinski definition) is 3. The first-order chi connectivity index (χ1) is 8.58. The minimum Gasteiger partial charge on any atom is -0.381 e. The van der Waals surface area contributed by atoms with Crippen molar-refractivity contribution in [3.05, 3.63) is 0 Å². The summed E-state index contributed by atoms with van der Waals surface area (Å²) in [7, 11) is 0. The molecule has 2 rings (SSSR count). The molecule has 1 aliphatic heterocycles. The molecule has 3 heteroatoms. The van der Waals surface area contributed by atoms with Crippen molar-refractivity contribution in [2.24, 2.45) is 17.6 Å². The summed E-state index contributed by atoms with van der Waals surface area (Å²) in [5.74, 6) is 1.39. The molecule has 1 saturated carbocycles. The average molecular weight is 254 g/mol. The van der Waals surface area contributed by atoms with Crippen LogP contribution in [0.1, 0.15) is 46.5 Å². The van der Waals surface area contributed by atoms with E-state index >= 15 is 0 Å². The lowest BCUT2D eigenvalue weighted by Gasteiger charge is -2.45. The van der Waals surface area contributed by atoms with Crippen molar-refractivity contribution in [3.63, 3.8) is 0 Å². The van der Waals surface area contributed by atoms with E-state index in [1.165, 1.54) is 32.2 Å². The van der Waals surface area contributed by atoms with Gasteiger partial charge < -0.3 is 10.5 Å². The van der Waals surface area contributed by atoms with E-state index in [9.17, 15) is 0 Å². The molecule has 2 N–H and O–H groups in total. The normalized spacial score (nSPS) is 28.0. The van der Waals surface area contributed by atoms with Crippen LogP contribution < -0.4 is 5.73 Å². The smallest absolute Gasteiger partial charge is 0.0513 e. The van der Waals surface area contributed by atoms with E-state index in [-0.39, 0.29) is 5.54 Å². The Morgan fingerprint density at radius 1 is 1.33 bits per heavy atom. The third-order valence-corrected chi connectivity index (χ3v) is 4.81. The summed E-state index contributed by atoms with van der Waals surface area (Å²) in [4.78, 5) is 2.71. The van der Waals surface area contributed by atoms with Gasteiger partial charge in [0.2, 0.25) is 0 Å². The van der Waals surface area contributed by atoms with Crippen LogP contribution in [0, 0.1) is 11.8 Å². The molecule has 2 atom stereocenters. The Hall–Kier alpha value is -0.120. The van der Waals surface area contributed by atoms with Crippen molar-refractivity contribution in [1.29, 1.82) is 0 Å². The van der Waals surface area contributed by atoms with E-state index < -0.39 is 0 Å². The van der Waals surface area contributed by atoms with Crippen molar-refractivity contribution in [2.45, 2.75) is 58.0 Å². The standard InChI is InChI=1S/C15H30N2O/c1-12(2)6-8-17(14-4-5-14)15(3,11-16)13-7-9-18-10-13/h12-14H,4-11,16H2,1-3H3. The van der Waals surface area contributed by atoms with Crippen LogP contribution in [0.25, 0.3) is 0 Å². The number of hydrogen-bond donors (Lipinski definition) is 1. The molecule has 3 nitrogen and oxygen atoms in total. The molecule has 1 heterocycles. The third-order valence-electron chi connectivity index (χ3n) is 4.81. The molecule has 0 amide bonds. The van der Waals surface area contributed by atoms with Crippen LogP contribution in [0.5, 0.6) is 0 Å². The predicted molar refractivity (Wildman–Crippen MR) is 75.6 cm³/mol. The summed E-state index contributed by atoms with van der Waals surface area (Å²) in [6, 6.07) is 0.790. The van der Waals surface area contributed by atoms with Crippen LogP contribution in [0.15, 0.2) is 0 Å². The molecule has 1 aliphatic carbocycles. The molecule has 0 spiro atoms. The molecule has 0 radical (unpaired) electrons. The van der Waals surface area contributed by atoms with Crippen LogP contribution in [0.2, 0.25) is 0 Å². The number of rotatable bonds is 7. The summed E-state index contributed by atoms with van der Waals surface area (Å²) >= 11 is 0. The lowest BCUT2D eigenvalue weighted by Crippen LogP contribution is -2.58. The van der Waals surface area contributed by atoms with Crippen molar-refractivity contribution < 1.29 is 4.74 Å². The van der Waals surface area contributed by atoms with Gasteiger partial charge in [0.05, 0.1) is 6.61 Å². The Bertz CT molecular complexity index is 259. The second kappa shape index (κ2) is 5.89. The zero-order valence-corrected chi connectivity index (χ0v) is 12.3. The maximum Gasteiger partial charge on any atom is 0.0513 e. The first-order valence-corrected chi connectivity index (χ1v) is 7.62. The molecule has 0 bridgehead atoms. The first-order valence-electron chi connectivity index (χ1n) is 7.62. The van der Waals surface area contributed by atoms with E-state index in [1.807, 2.05) is 0 Å². The predicted octanol–water partition coefficient (Wildman–Crippen LogP) is 2.25. The molecule has 0 aromatic rings. The second-order valence-electron chi connectivity index (χ2n) is 6.73. The second-order valence-corrected chi connectivity index (χ2v) is 6.73. The van der Waals surface area contributed by atoms with Crippen LogP contribution in [0.4, 0.5) is 0 Å². The third kappa shape index (κ3) is 3.06. The minimum absolute atomic E-state index is 0.145. The van der Waals surface area contributed by atoms with E-state index in [1.54, 1.807) is 0 Å². The van der Waals surface area contributed by atoms with Gasteiger partial charge in [0, 0.05) is 30.7 Å². The van der Waals surface area contributed by atoms with Gasteiger partial charge in [-0.1, -0.05) is 13.8 Å². The fourth-order valence-corrected chi connectivity index (χ4v) is 3.18. The van der Waals surface area contributed by atoms with Crippen LogP contribution in [-0.2, 0) is 4.74 Å². The van der Waals surface area contributed by atoms with Gasteiger partial charge >= 0.3 is 0 Å². The van der Waals surface area contributed by atoms with Gasteiger partial charge in [0.25, 0.3) is 0 Å². The fourth-order valence-electron chi connectivity index (χ4n) is 3.18. The van der Waals surface area contributed by atoms with E-state index in [2.05, 4.69) is 25.7 Å². The fraction of sp³-hybridized carbons (Fsp3) is 1.00. The monoisotopic (exact) mass is 254 g/mol. The molecule has 18 heavy (non-hydrogen) atoms. The molecule has 1 saturated heterocycles. The Morgan fingerprint density at radius 2 is 2.06 bits per heavy atom. The van der Waals surface area contributed by atoms with E-state index in [4.69, 9.17) is 10.5 Å². The molecule has 2 unspecified atom stereocenters. The molecular weight excluding hydrogens is 224 g/mol. The van der Waals surface area contributed by atoms with Crippen molar-refractivity contribution in [1.82, 2.24) is 4.90 Å². The number of ether oxygens (including phenoxy) is 1. The molecule has 2 fully saturated rings. The Morgan fingerprint density at radius 3 is 2.50 bits per heavy atom. The molecule has 0 aromatic carbocycles. The summed E-state index contributed by atoms with van der Waals surface area (Å²) in [5, 5.41) is 0. The Labute approximate surface area is 112 Å². The maximum absolute atomic E-state index is 6.16. The van der Waals surface area contributed by atoms with Gasteiger partial charge in [-0.2, -0.15) is 0 Å². The Balaban J connectivity index is 2.04. The summed E-state index contributed by atoms with van der Waals surface area (Å²) < 4.78 is 5.60. The van der Waals surface area contributed by atoms with Gasteiger partial charge in [0.15, 0.2) is 0 Å². The topological polar surface area (TPSA) is 38.5 Å². The number of nitrogens with zero attached hydrogens (tertiary/aromatic N) is 1.